The first-order valence-electron chi connectivity index (χ1n) is 8.58. The van der Waals surface area contributed by atoms with Gasteiger partial charge < -0.3 is 5.32 Å². The van der Waals surface area contributed by atoms with Crippen LogP contribution < -0.4 is 5.32 Å². The first kappa shape index (κ1) is 13.7. The lowest BCUT2D eigenvalue weighted by Crippen LogP contribution is -2.57. The van der Waals surface area contributed by atoms with Gasteiger partial charge in [-0.15, -0.1) is 0 Å². The van der Waals surface area contributed by atoms with Gasteiger partial charge in [0.2, 0.25) is 0 Å². The zero-order chi connectivity index (χ0) is 14.4. The molecule has 2 atom stereocenters. The summed E-state index contributed by atoms with van der Waals surface area (Å²) >= 11 is 0. The molecule has 0 spiro atoms. The van der Waals surface area contributed by atoms with Gasteiger partial charge in [0.15, 0.2) is 0 Å². The quantitative estimate of drug-likeness (QED) is 0.898. The van der Waals surface area contributed by atoms with Gasteiger partial charge in [-0.05, 0) is 51.4 Å². The van der Waals surface area contributed by atoms with Crippen molar-refractivity contribution in [2.24, 2.45) is 11.8 Å². The summed E-state index contributed by atoms with van der Waals surface area (Å²) in [6.45, 7) is 7.69. The molecule has 5 nitrogen and oxygen atoms in total. The number of nitrogens with zero attached hydrogens (tertiary/aromatic N) is 4. The largest absolute Gasteiger partial charge is 0.311 e. The monoisotopic (exact) mass is 289 g/mol. The number of piperazine rings is 1. The zero-order valence-corrected chi connectivity index (χ0v) is 13.2. The van der Waals surface area contributed by atoms with E-state index in [-0.39, 0.29) is 0 Å². The third-order valence-electron chi connectivity index (χ3n) is 5.33. The smallest absolute Gasteiger partial charge is 0.141 e. The second-order valence-electron chi connectivity index (χ2n) is 7.40. The average Bonchev–Trinajstić information content (AvgIpc) is 3.36. The minimum Gasteiger partial charge on any atom is -0.311 e. The van der Waals surface area contributed by atoms with E-state index in [9.17, 15) is 0 Å². The third-order valence-corrected chi connectivity index (χ3v) is 5.33. The Kier molecular flexibility index (Phi) is 3.50. The summed E-state index contributed by atoms with van der Waals surface area (Å²) in [7, 11) is 0. The lowest BCUT2D eigenvalue weighted by molar-refractivity contribution is 0.0955. The van der Waals surface area contributed by atoms with Crippen molar-refractivity contribution < 1.29 is 0 Å². The van der Waals surface area contributed by atoms with Crippen molar-refractivity contribution in [1.82, 2.24) is 25.0 Å². The average molecular weight is 289 g/mol. The SMILES string of the molecule is CC(C)n1ncnc1CN1CC(C2CC2)NCC1C1CC1. The second kappa shape index (κ2) is 5.36. The van der Waals surface area contributed by atoms with E-state index in [0.717, 1.165) is 24.2 Å². The summed E-state index contributed by atoms with van der Waals surface area (Å²) in [6.07, 6.45) is 7.37. The van der Waals surface area contributed by atoms with Gasteiger partial charge in [0.05, 0.1) is 6.54 Å². The number of rotatable bonds is 5. The van der Waals surface area contributed by atoms with Crippen molar-refractivity contribution in [3.63, 3.8) is 0 Å². The fraction of sp³-hybridized carbons (Fsp3) is 0.875. The number of hydrogen-bond donors (Lipinski definition) is 1. The van der Waals surface area contributed by atoms with Crippen molar-refractivity contribution >= 4 is 0 Å². The molecule has 1 aliphatic heterocycles. The van der Waals surface area contributed by atoms with Gasteiger partial charge in [0.25, 0.3) is 0 Å². The highest BCUT2D eigenvalue weighted by Gasteiger charge is 2.42. The molecule has 1 saturated heterocycles. The van der Waals surface area contributed by atoms with Crippen molar-refractivity contribution in [2.75, 3.05) is 13.1 Å². The molecule has 21 heavy (non-hydrogen) atoms. The normalized spacial score (nSPS) is 31.0. The number of aromatic nitrogens is 3. The van der Waals surface area contributed by atoms with Gasteiger partial charge in [-0.2, -0.15) is 5.10 Å². The van der Waals surface area contributed by atoms with E-state index >= 15 is 0 Å². The van der Waals surface area contributed by atoms with E-state index in [4.69, 9.17) is 0 Å². The Morgan fingerprint density at radius 2 is 2.00 bits per heavy atom. The van der Waals surface area contributed by atoms with Crippen LogP contribution in [0.2, 0.25) is 0 Å². The van der Waals surface area contributed by atoms with Crippen LogP contribution in [0.5, 0.6) is 0 Å². The van der Waals surface area contributed by atoms with Gasteiger partial charge in [-0.25, -0.2) is 9.67 Å². The molecule has 2 saturated carbocycles. The molecule has 1 aromatic rings. The fourth-order valence-corrected chi connectivity index (χ4v) is 3.80. The zero-order valence-electron chi connectivity index (χ0n) is 13.2. The molecule has 2 unspecified atom stereocenters. The molecule has 2 aliphatic carbocycles. The van der Waals surface area contributed by atoms with E-state index in [1.165, 1.54) is 38.8 Å². The van der Waals surface area contributed by atoms with Crippen LogP contribution in [0.15, 0.2) is 6.33 Å². The van der Waals surface area contributed by atoms with Crippen LogP contribution in [0.1, 0.15) is 51.4 Å². The van der Waals surface area contributed by atoms with E-state index < -0.39 is 0 Å². The Hall–Kier alpha value is -0.940. The van der Waals surface area contributed by atoms with Gasteiger partial charge >= 0.3 is 0 Å². The van der Waals surface area contributed by atoms with Crippen LogP contribution in [-0.4, -0.2) is 44.8 Å². The number of nitrogens with one attached hydrogen (secondary N) is 1. The van der Waals surface area contributed by atoms with Gasteiger partial charge in [0, 0.05) is 31.2 Å². The van der Waals surface area contributed by atoms with Gasteiger partial charge in [-0.3, -0.25) is 4.90 Å². The third kappa shape index (κ3) is 2.86. The highest BCUT2D eigenvalue weighted by Crippen LogP contribution is 2.40. The fourth-order valence-electron chi connectivity index (χ4n) is 3.80. The molecule has 5 heteroatoms. The van der Waals surface area contributed by atoms with Crippen LogP contribution in [0.3, 0.4) is 0 Å². The summed E-state index contributed by atoms with van der Waals surface area (Å²) < 4.78 is 2.08. The Morgan fingerprint density at radius 3 is 2.67 bits per heavy atom. The van der Waals surface area contributed by atoms with Crippen molar-refractivity contribution in [3.8, 4) is 0 Å². The van der Waals surface area contributed by atoms with E-state index in [0.29, 0.717) is 18.1 Å². The molecule has 1 aromatic heterocycles. The molecular formula is C16H27N5. The molecule has 0 amide bonds. The van der Waals surface area contributed by atoms with E-state index in [1.54, 1.807) is 6.33 Å². The Morgan fingerprint density at radius 1 is 1.24 bits per heavy atom. The molecule has 116 valence electrons. The maximum Gasteiger partial charge on any atom is 0.141 e. The molecular weight excluding hydrogens is 262 g/mol. The molecule has 3 fully saturated rings. The maximum absolute atomic E-state index is 4.52. The second-order valence-corrected chi connectivity index (χ2v) is 7.40. The predicted octanol–water partition coefficient (Wildman–Crippen LogP) is 1.82. The molecule has 0 aromatic carbocycles. The van der Waals surface area contributed by atoms with Crippen molar-refractivity contribution in [2.45, 2.75) is 64.2 Å². The lowest BCUT2D eigenvalue weighted by atomic mass is 10.0. The van der Waals surface area contributed by atoms with Gasteiger partial charge in [-0.1, -0.05) is 0 Å². The van der Waals surface area contributed by atoms with E-state index in [1.807, 2.05) is 0 Å². The number of hydrogen-bond acceptors (Lipinski definition) is 4. The highest BCUT2D eigenvalue weighted by molar-refractivity contribution is 5.01. The molecule has 2 heterocycles. The minimum atomic E-state index is 0.393. The highest BCUT2D eigenvalue weighted by atomic mass is 15.4. The van der Waals surface area contributed by atoms with Crippen LogP contribution >= 0.6 is 0 Å². The molecule has 4 rings (SSSR count). The van der Waals surface area contributed by atoms with E-state index in [2.05, 4.69) is 38.8 Å². The topological polar surface area (TPSA) is 46.0 Å². The summed E-state index contributed by atoms with van der Waals surface area (Å²) in [5.41, 5.74) is 0. The standard InChI is InChI=1S/C16H27N5/c1-11(2)21-16(18-10-19-21)9-20-8-14(12-3-4-12)17-7-15(20)13-5-6-13/h10-15,17H,3-9H2,1-2H3. The molecule has 0 radical (unpaired) electrons. The predicted molar refractivity (Wildman–Crippen MR) is 81.8 cm³/mol. The van der Waals surface area contributed by atoms with Crippen molar-refractivity contribution in [3.05, 3.63) is 12.2 Å². The Bertz CT molecular complexity index is 489. The van der Waals surface area contributed by atoms with Crippen LogP contribution in [0, 0.1) is 11.8 Å². The summed E-state index contributed by atoms with van der Waals surface area (Å²) in [5, 5.41) is 8.21. The maximum atomic E-state index is 4.52. The Labute approximate surface area is 127 Å². The summed E-state index contributed by atoms with van der Waals surface area (Å²) in [6, 6.07) is 1.80. The van der Waals surface area contributed by atoms with Crippen LogP contribution in [0.25, 0.3) is 0 Å². The first-order valence-corrected chi connectivity index (χ1v) is 8.58. The molecule has 1 N–H and O–H groups in total. The van der Waals surface area contributed by atoms with Crippen molar-refractivity contribution in [1.29, 1.82) is 0 Å². The molecule has 3 aliphatic rings. The Balaban J connectivity index is 1.49. The minimum absolute atomic E-state index is 0.393. The van der Waals surface area contributed by atoms with Crippen LogP contribution in [-0.2, 0) is 6.54 Å². The first-order chi connectivity index (χ1) is 10.2. The molecule has 0 bridgehead atoms. The van der Waals surface area contributed by atoms with Gasteiger partial charge in [0.1, 0.15) is 12.2 Å². The lowest BCUT2D eigenvalue weighted by Gasteiger charge is -2.40. The summed E-state index contributed by atoms with van der Waals surface area (Å²) in [4.78, 5) is 7.22. The van der Waals surface area contributed by atoms with Crippen LogP contribution in [0.4, 0.5) is 0 Å². The summed E-state index contributed by atoms with van der Waals surface area (Å²) in [5.74, 6) is 2.97.